The van der Waals surface area contributed by atoms with Crippen LogP contribution < -0.4 is 5.32 Å². The van der Waals surface area contributed by atoms with E-state index in [9.17, 15) is 0 Å². The highest BCUT2D eigenvalue weighted by Crippen LogP contribution is 2.23. The smallest absolute Gasteiger partial charge is 0.0406 e. The Morgan fingerprint density at radius 2 is 2.00 bits per heavy atom. The number of pyridine rings is 1. The normalized spacial score (nSPS) is 11.6. The summed E-state index contributed by atoms with van der Waals surface area (Å²) in [4.78, 5) is 4.17. The third kappa shape index (κ3) is 3.19. The first-order chi connectivity index (χ1) is 8.81. The van der Waals surface area contributed by atoms with Gasteiger partial charge < -0.3 is 5.32 Å². The molecule has 0 spiro atoms. The van der Waals surface area contributed by atoms with Crippen molar-refractivity contribution >= 4 is 17.2 Å². The van der Waals surface area contributed by atoms with Crippen LogP contribution in [0.25, 0.3) is 5.57 Å². The maximum Gasteiger partial charge on any atom is 0.0406 e. The minimum absolute atomic E-state index is 0.748. The molecule has 0 unspecified atom stereocenters. The zero-order chi connectivity index (χ0) is 12.8. The van der Waals surface area contributed by atoms with Crippen LogP contribution in [0.15, 0.2) is 54.9 Å². The number of halogens is 1. The number of nitrogens with zero attached hydrogens (tertiary/aromatic N) is 1. The number of aromatic nitrogens is 1. The minimum atomic E-state index is 0.748. The zero-order valence-electron chi connectivity index (χ0n) is 10.2. The van der Waals surface area contributed by atoms with Crippen molar-refractivity contribution in [1.82, 2.24) is 10.3 Å². The highest BCUT2D eigenvalue weighted by atomic mass is 35.5. The van der Waals surface area contributed by atoms with E-state index in [2.05, 4.69) is 22.4 Å². The lowest BCUT2D eigenvalue weighted by Crippen LogP contribution is -2.05. The van der Waals surface area contributed by atoms with Crippen molar-refractivity contribution in [2.45, 2.75) is 0 Å². The molecule has 0 atom stereocenters. The van der Waals surface area contributed by atoms with Crippen molar-refractivity contribution in [3.05, 3.63) is 71.0 Å². The van der Waals surface area contributed by atoms with E-state index in [0.29, 0.717) is 0 Å². The fraction of sp³-hybridized carbons (Fsp3) is 0.133. The molecule has 1 heterocycles. The fourth-order valence-electron chi connectivity index (χ4n) is 1.76. The largest absolute Gasteiger partial charge is 0.316 e. The number of hydrogen-bond donors (Lipinski definition) is 1. The van der Waals surface area contributed by atoms with Crippen molar-refractivity contribution < 1.29 is 0 Å². The highest BCUT2D eigenvalue weighted by molar-refractivity contribution is 6.30. The second-order valence-electron chi connectivity index (χ2n) is 3.92. The standard InChI is InChI=1S/C15H15ClN2/c1-17-10-8-15(13-3-2-9-18-11-13)12-4-6-14(16)7-5-12/h2-9,11,17H,10H2,1H3. The molecule has 92 valence electrons. The summed E-state index contributed by atoms with van der Waals surface area (Å²) in [5.41, 5.74) is 3.41. The topological polar surface area (TPSA) is 24.9 Å². The summed E-state index contributed by atoms with van der Waals surface area (Å²) < 4.78 is 0. The average Bonchev–Trinajstić information content (AvgIpc) is 2.42. The molecule has 1 N–H and O–H groups in total. The number of benzene rings is 1. The van der Waals surface area contributed by atoms with Crippen LogP contribution in [-0.2, 0) is 0 Å². The number of likely N-dealkylation sites (N-methyl/N-ethyl adjacent to an activating group) is 1. The lowest BCUT2D eigenvalue weighted by atomic mass is 9.99. The lowest BCUT2D eigenvalue weighted by molar-refractivity contribution is 0.920. The van der Waals surface area contributed by atoms with Gasteiger partial charge >= 0.3 is 0 Å². The molecule has 0 aliphatic heterocycles. The summed E-state index contributed by atoms with van der Waals surface area (Å²) in [7, 11) is 1.93. The first-order valence-electron chi connectivity index (χ1n) is 5.82. The quantitative estimate of drug-likeness (QED) is 0.909. The predicted molar refractivity (Wildman–Crippen MR) is 76.7 cm³/mol. The summed E-state index contributed by atoms with van der Waals surface area (Å²) >= 11 is 5.92. The van der Waals surface area contributed by atoms with Gasteiger partial charge in [0.25, 0.3) is 0 Å². The predicted octanol–water partition coefficient (Wildman–Crippen LogP) is 3.39. The van der Waals surface area contributed by atoms with Gasteiger partial charge in [-0.2, -0.15) is 0 Å². The molecule has 0 bridgehead atoms. The van der Waals surface area contributed by atoms with Crippen molar-refractivity contribution in [1.29, 1.82) is 0 Å². The second-order valence-corrected chi connectivity index (χ2v) is 4.36. The van der Waals surface area contributed by atoms with Gasteiger partial charge in [0.1, 0.15) is 0 Å². The maximum absolute atomic E-state index is 5.92. The molecule has 1 aromatic carbocycles. The van der Waals surface area contributed by atoms with Gasteiger partial charge in [0, 0.05) is 29.5 Å². The van der Waals surface area contributed by atoms with Gasteiger partial charge in [-0.15, -0.1) is 0 Å². The van der Waals surface area contributed by atoms with E-state index in [1.807, 2.05) is 43.6 Å². The Hall–Kier alpha value is -1.64. The van der Waals surface area contributed by atoms with Crippen LogP contribution in [0.1, 0.15) is 11.1 Å². The van der Waals surface area contributed by atoms with E-state index >= 15 is 0 Å². The van der Waals surface area contributed by atoms with Crippen LogP contribution >= 0.6 is 11.6 Å². The molecule has 2 nitrogen and oxygen atoms in total. The summed E-state index contributed by atoms with van der Waals surface area (Å²) in [5.74, 6) is 0. The van der Waals surface area contributed by atoms with Gasteiger partial charge in [0.15, 0.2) is 0 Å². The Bertz CT molecular complexity index is 518. The van der Waals surface area contributed by atoms with E-state index < -0.39 is 0 Å². The van der Waals surface area contributed by atoms with Gasteiger partial charge in [0.05, 0.1) is 0 Å². The number of hydrogen-bond acceptors (Lipinski definition) is 2. The molecule has 1 aromatic heterocycles. The van der Waals surface area contributed by atoms with Crippen LogP contribution in [-0.4, -0.2) is 18.6 Å². The van der Waals surface area contributed by atoms with Crippen LogP contribution in [0.4, 0.5) is 0 Å². The summed E-state index contributed by atoms with van der Waals surface area (Å²) in [6.07, 6.45) is 5.80. The molecule has 2 aromatic rings. The Labute approximate surface area is 112 Å². The third-order valence-corrected chi connectivity index (χ3v) is 2.89. The van der Waals surface area contributed by atoms with Gasteiger partial charge in [-0.25, -0.2) is 0 Å². The lowest BCUT2D eigenvalue weighted by Gasteiger charge is -2.08. The average molecular weight is 259 g/mol. The van der Waals surface area contributed by atoms with Crippen molar-refractivity contribution in [3.8, 4) is 0 Å². The summed E-state index contributed by atoms with van der Waals surface area (Å²) in [6.45, 7) is 0.812. The molecule has 0 aliphatic carbocycles. The fourth-order valence-corrected chi connectivity index (χ4v) is 1.88. The second kappa shape index (κ2) is 6.34. The molecule has 0 radical (unpaired) electrons. The molecule has 2 rings (SSSR count). The van der Waals surface area contributed by atoms with Gasteiger partial charge in [-0.1, -0.05) is 35.9 Å². The van der Waals surface area contributed by atoms with Crippen LogP contribution in [0, 0.1) is 0 Å². The first-order valence-corrected chi connectivity index (χ1v) is 6.20. The molecule has 3 heteroatoms. The molecule has 0 amide bonds. The first kappa shape index (κ1) is 12.8. The van der Waals surface area contributed by atoms with E-state index in [4.69, 9.17) is 11.6 Å². The monoisotopic (exact) mass is 258 g/mol. The molecular weight excluding hydrogens is 244 g/mol. The van der Waals surface area contributed by atoms with E-state index in [-0.39, 0.29) is 0 Å². The maximum atomic E-state index is 5.92. The summed E-state index contributed by atoms with van der Waals surface area (Å²) in [5, 5.41) is 3.87. The Morgan fingerprint density at radius 1 is 1.22 bits per heavy atom. The number of nitrogens with one attached hydrogen (secondary N) is 1. The van der Waals surface area contributed by atoms with Crippen LogP contribution in [0.5, 0.6) is 0 Å². The van der Waals surface area contributed by atoms with E-state index in [1.165, 1.54) is 0 Å². The van der Waals surface area contributed by atoms with Crippen molar-refractivity contribution in [2.24, 2.45) is 0 Å². The van der Waals surface area contributed by atoms with Gasteiger partial charge in [-0.3, -0.25) is 4.98 Å². The minimum Gasteiger partial charge on any atom is -0.316 e. The van der Waals surface area contributed by atoms with Crippen LogP contribution in [0.2, 0.25) is 5.02 Å². The molecule has 0 aliphatic rings. The molecular formula is C15H15ClN2. The van der Waals surface area contributed by atoms with Crippen molar-refractivity contribution in [3.63, 3.8) is 0 Å². The van der Waals surface area contributed by atoms with Gasteiger partial charge in [0.2, 0.25) is 0 Å². The molecule has 18 heavy (non-hydrogen) atoms. The molecule has 0 fully saturated rings. The van der Waals surface area contributed by atoms with Crippen molar-refractivity contribution in [2.75, 3.05) is 13.6 Å². The zero-order valence-corrected chi connectivity index (χ0v) is 11.0. The van der Waals surface area contributed by atoms with E-state index in [1.54, 1.807) is 6.20 Å². The Morgan fingerprint density at radius 3 is 2.61 bits per heavy atom. The highest BCUT2D eigenvalue weighted by Gasteiger charge is 2.04. The SMILES string of the molecule is CNCC=C(c1ccc(Cl)cc1)c1cccnc1. The Balaban J connectivity index is 2.40. The Kier molecular flexibility index (Phi) is 4.51. The van der Waals surface area contributed by atoms with Crippen LogP contribution in [0.3, 0.4) is 0 Å². The third-order valence-electron chi connectivity index (χ3n) is 2.64. The van der Waals surface area contributed by atoms with Gasteiger partial charge in [-0.05, 0) is 36.4 Å². The molecule has 0 saturated heterocycles. The van der Waals surface area contributed by atoms with E-state index in [0.717, 1.165) is 28.3 Å². The number of rotatable bonds is 4. The molecule has 0 saturated carbocycles. The summed E-state index contributed by atoms with van der Waals surface area (Å²) in [6, 6.07) is 11.9.